The molecule has 1 aromatic carbocycles. The van der Waals surface area contributed by atoms with Gasteiger partial charge in [-0.2, -0.15) is 0 Å². The lowest BCUT2D eigenvalue weighted by Gasteiger charge is -2.27. The molecule has 32 heavy (non-hydrogen) atoms. The Morgan fingerprint density at radius 3 is 2.44 bits per heavy atom. The van der Waals surface area contributed by atoms with Crippen molar-refractivity contribution in [3.8, 4) is 0 Å². The van der Waals surface area contributed by atoms with Gasteiger partial charge in [-0.15, -0.1) is 0 Å². The van der Waals surface area contributed by atoms with Crippen LogP contribution >= 0.6 is 11.6 Å². The molecular formula is C25H33ClN4O2. The van der Waals surface area contributed by atoms with Crippen LogP contribution < -0.4 is 10.9 Å². The second-order valence-electron chi connectivity index (χ2n) is 9.53. The first kappa shape index (κ1) is 22.9. The molecule has 3 atom stereocenters. The molecule has 2 aliphatic heterocycles. The highest BCUT2D eigenvalue weighted by atomic mass is 35.5. The number of nitrogens with zero attached hydrogens (tertiary/aromatic N) is 2. The van der Waals surface area contributed by atoms with Gasteiger partial charge in [0.25, 0.3) is 5.91 Å². The molecule has 1 amide bonds. The van der Waals surface area contributed by atoms with Crippen LogP contribution in [0.25, 0.3) is 0 Å². The molecule has 0 saturated carbocycles. The molecule has 2 aromatic rings. The van der Waals surface area contributed by atoms with Crippen LogP contribution in [0.5, 0.6) is 0 Å². The van der Waals surface area contributed by atoms with Crippen molar-refractivity contribution in [3.05, 3.63) is 62.0 Å². The van der Waals surface area contributed by atoms with E-state index in [0.717, 1.165) is 61.0 Å². The van der Waals surface area contributed by atoms with Gasteiger partial charge in [0.1, 0.15) is 0 Å². The number of carbonyl (C=O) groups excluding carboxylic acids is 1. The lowest BCUT2D eigenvalue weighted by molar-refractivity contribution is 0.0768. The molecule has 172 valence electrons. The maximum atomic E-state index is 13.1. The third kappa shape index (κ3) is 4.71. The lowest BCUT2D eigenvalue weighted by Crippen LogP contribution is -2.38. The first-order valence-corrected chi connectivity index (χ1v) is 11.8. The van der Waals surface area contributed by atoms with Crippen molar-refractivity contribution in [1.29, 1.82) is 0 Å². The second-order valence-corrected chi connectivity index (χ2v) is 9.94. The first-order chi connectivity index (χ1) is 15.2. The molecule has 3 unspecified atom stereocenters. The van der Waals surface area contributed by atoms with Gasteiger partial charge in [0.2, 0.25) is 5.56 Å². The second kappa shape index (κ2) is 9.28. The minimum Gasteiger partial charge on any atom is -0.385 e. The number of nitrogens with one attached hydrogen (secondary N) is 2. The van der Waals surface area contributed by atoms with E-state index in [2.05, 4.69) is 28.2 Å². The number of pyridine rings is 1. The molecule has 3 heterocycles. The third-order valence-electron chi connectivity index (χ3n) is 7.13. The predicted molar refractivity (Wildman–Crippen MR) is 130 cm³/mol. The summed E-state index contributed by atoms with van der Waals surface area (Å²) in [6.07, 6.45) is 1.06. The monoisotopic (exact) mass is 456 g/mol. The fourth-order valence-electron chi connectivity index (χ4n) is 5.20. The van der Waals surface area contributed by atoms with Gasteiger partial charge in [0.15, 0.2) is 0 Å². The Labute approximate surface area is 195 Å². The topological polar surface area (TPSA) is 68.4 Å². The molecule has 2 fully saturated rings. The molecule has 2 aliphatic rings. The van der Waals surface area contributed by atoms with Gasteiger partial charge >= 0.3 is 0 Å². The number of likely N-dealkylation sites (tertiary alicyclic amines) is 2. The zero-order valence-electron chi connectivity index (χ0n) is 19.4. The number of aromatic nitrogens is 1. The summed E-state index contributed by atoms with van der Waals surface area (Å²) in [7, 11) is 0. The number of hydrogen-bond donors (Lipinski definition) is 2. The molecule has 2 saturated heterocycles. The highest BCUT2D eigenvalue weighted by Crippen LogP contribution is 2.33. The van der Waals surface area contributed by atoms with E-state index in [9.17, 15) is 9.59 Å². The number of aromatic amines is 1. The summed E-state index contributed by atoms with van der Waals surface area (Å²) >= 11 is 6.22. The fourth-order valence-corrected chi connectivity index (χ4v) is 5.38. The van der Waals surface area contributed by atoms with Crippen molar-refractivity contribution in [2.24, 2.45) is 11.8 Å². The number of fused-ring (bicyclic) bond motifs is 1. The first-order valence-electron chi connectivity index (χ1n) is 11.5. The third-order valence-corrected chi connectivity index (χ3v) is 7.54. The van der Waals surface area contributed by atoms with Gasteiger partial charge in [-0.1, -0.05) is 17.7 Å². The van der Waals surface area contributed by atoms with Crippen LogP contribution in [-0.4, -0.2) is 59.5 Å². The quantitative estimate of drug-likeness (QED) is 0.692. The Bertz CT molecular complexity index is 1030. The molecule has 0 bridgehead atoms. The van der Waals surface area contributed by atoms with E-state index in [1.165, 1.54) is 6.07 Å². The number of rotatable bonds is 6. The van der Waals surface area contributed by atoms with Crippen molar-refractivity contribution in [2.45, 2.75) is 40.2 Å². The SMILES string of the molecule is Cc1ccc(NCCC(C)N2CC3CN(C(=O)c4c(C)cc(=O)[nH]c4C)CC3C2)cc1Cl. The van der Waals surface area contributed by atoms with E-state index in [1.54, 1.807) is 6.92 Å². The summed E-state index contributed by atoms with van der Waals surface area (Å²) in [5.74, 6) is 1.09. The number of anilines is 1. The van der Waals surface area contributed by atoms with Gasteiger partial charge < -0.3 is 15.2 Å². The van der Waals surface area contributed by atoms with Crippen molar-refractivity contribution >= 4 is 23.2 Å². The van der Waals surface area contributed by atoms with Crippen LogP contribution in [0.1, 0.15) is 40.5 Å². The number of halogens is 1. The van der Waals surface area contributed by atoms with E-state index >= 15 is 0 Å². The van der Waals surface area contributed by atoms with E-state index in [4.69, 9.17) is 11.6 Å². The van der Waals surface area contributed by atoms with Crippen LogP contribution in [0, 0.1) is 32.6 Å². The molecule has 7 heteroatoms. The number of H-pyrrole nitrogens is 1. The fraction of sp³-hybridized carbons (Fsp3) is 0.520. The van der Waals surface area contributed by atoms with E-state index in [1.807, 2.05) is 30.9 Å². The van der Waals surface area contributed by atoms with Crippen molar-refractivity contribution in [1.82, 2.24) is 14.8 Å². The van der Waals surface area contributed by atoms with Crippen LogP contribution in [0.2, 0.25) is 5.02 Å². The highest BCUT2D eigenvalue weighted by molar-refractivity contribution is 6.31. The summed E-state index contributed by atoms with van der Waals surface area (Å²) in [5, 5.41) is 4.28. The molecule has 0 spiro atoms. The Morgan fingerprint density at radius 1 is 1.12 bits per heavy atom. The Morgan fingerprint density at radius 2 is 1.81 bits per heavy atom. The van der Waals surface area contributed by atoms with Crippen LogP contribution in [-0.2, 0) is 0 Å². The van der Waals surface area contributed by atoms with E-state index in [0.29, 0.717) is 29.1 Å². The van der Waals surface area contributed by atoms with E-state index < -0.39 is 0 Å². The summed E-state index contributed by atoms with van der Waals surface area (Å²) < 4.78 is 0. The minimum absolute atomic E-state index is 0.0474. The molecule has 6 nitrogen and oxygen atoms in total. The van der Waals surface area contributed by atoms with Gasteiger partial charge in [-0.05, 0) is 69.2 Å². The van der Waals surface area contributed by atoms with Crippen molar-refractivity contribution in [2.75, 3.05) is 38.0 Å². The summed E-state index contributed by atoms with van der Waals surface area (Å²) in [6, 6.07) is 8.10. The zero-order valence-corrected chi connectivity index (χ0v) is 20.1. The summed E-state index contributed by atoms with van der Waals surface area (Å²) in [5.41, 5.74) is 4.07. The van der Waals surface area contributed by atoms with Crippen LogP contribution in [0.15, 0.2) is 29.1 Å². The normalized spacial score (nSPS) is 21.6. The number of benzene rings is 1. The Balaban J connectivity index is 1.28. The average molecular weight is 457 g/mol. The number of carbonyl (C=O) groups is 1. The molecule has 0 radical (unpaired) electrons. The highest BCUT2D eigenvalue weighted by Gasteiger charge is 2.43. The Hall–Kier alpha value is -2.31. The van der Waals surface area contributed by atoms with Gasteiger partial charge in [-0.3, -0.25) is 14.5 Å². The predicted octanol–water partition coefficient (Wildman–Crippen LogP) is 3.85. The maximum absolute atomic E-state index is 13.1. The summed E-state index contributed by atoms with van der Waals surface area (Å²) in [6.45, 7) is 12.5. The zero-order chi connectivity index (χ0) is 23.0. The largest absolute Gasteiger partial charge is 0.385 e. The lowest BCUT2D eigenvalue weighted by atomic mass is 10.0. The van der Waals surface area contributed by atoms with Gasteiger partial charge in [0.05, 0.1) is 5.56 Å². The molecule has 4 rings (SSSR count). The number of hydrogen-bond acceptors (Lipinski definition) is 4. The minimum atomic E-state index is -0.153. The number of aryl methyl sites for hydroxylation is 3. The smallest absolute Gasteiger partial charge is 0.255 e. The molecule has 1 aromatic heterocycles. The molecule has 2 N–H and O–H groups in total. The number of amides is 1. The van der Waals surface area contributed by atoms with Crippen molar-refractivity contribution < 1.29 is 4.79 Å². The summed E-state index contributed by atoms with van der Waals surface area (Å²) in [4.78, 5) is 32.1. The van der Waals surface area contributed by atoms with E-state index in [-0.39, 0.29) is 11.5 Å². The molecule has 0 aliphatic carbocycles. The average Bonchev–Trinajstić information content (AvgIpc) is 3.29. The Kier molecular flexibility index (Phi) is 6.63. The molecular weight excluding hydrogens is 424 g/mol. The maximum Gasteiger partial charge on any atom is 0.255 e. The van der Waals surface area contributed by atoms with Gasteiger partial charge in [0, 0.05) is 61.2 Å². The van der Waals surface area contributed by atoms with Crippen LogP contribution in [0.4, 0.5) is 5.69 Å². The van der Waals surface area contributed by atoms with Crippen LogP contribution in [0.3, 0.4) is 0 Å². The van der Waals surface area contributed by atoms with Gasteiger partial charge in [-0.25, -0.2) is 0 Å². The standard InChI is InChI=1S/C25H33ClN4O2/c1-15-5-6-21(10-22(15)26)27-8-7-17(3)29-11-19-13-30(14-20(19)12-29)25(32)24-16(2)9-23(31)28-18(24)4/h5-6,9-10,17,19-20,27H,7-8,11-14H2,1-4H3,(H,28,31). The van der Waals surface area contributed by atoms with Crippen molar-refractivity contribution in [3.63, 3.8) is 0 Å².